The van der Waals surface area contributed by atoms with Crippen molar-refractivity contribution in [2.24, 2.45) is 16.7 Å². The zero-order chi connectivity index (χ0) is 58.9. The first-order valence-corrected chi connectivity index (χ1v) is 30.5. The van der Waals surface area contributed by atoms with Gasteiger partial charge in [0, 0.05) is 118 Å². The van der Waals surface area contributed by atoms with Crippen molar-refractivity contribution < 1.29 is 47.3 Å². The van der Waals surface area contributed by atoms with E-state index in [4.69, 9.17) is 45.1 Å². The molecule has 448 valence electrons. The van der Waals surface area contributed by atoms with E-state index in [1.54, 1.807) is 17.2 Å². The second kappa shape index (κ2) is 22.6. The van der Waals surface area contributed by atoms with Crippen LogP contribution in [0, 0.1) is 34.9 Å². The van der Waals surface area contributed by atoms with Gasteiger partial charge >= 0.3 is 12.1 Å². The Hall–Kier alpha value is -7.18. The number of benzene rings is 3. The summed E-state index contributed by atoms with van der Waals surface area (Å²) in [6.07, 6.45) is 15.2. The van der Waals surface area contributed by atoms with Gasteiger partial charge in [-0.15, -0.1) is 6.42 Å². The molecule has 20 heteroatoms. The monoisotopic (exact) mass is 1160 g/mol. The number of hydrogen-bond acceptors (Lipinski definition) is 16. The Kier molecular flexibility index (Phi) is 15.1. The third kappa shape index (κ3) is 11.2. The molecule has 19 nitrogen and oxygen atoms in total. The van der Waals surface area contributed by atoms with Gasteiger partial charge in [0.15, 0.2) is 12.6 Å². The minimum absolute atomic E-state index is 0.00918. The number of rotatable bonds is 16. The number of carbonyl (C=O) groups excluding carboxylic acids is 4. The number of pyridine rings is 1. The smallest absolute Gasteiger partial charge is 0.411 e. The van der Waals surface area contributed by atoms with Crippen molar-refractivity contribution in [2.75, 3.05) is 102 Å². The van der Waals surface area contributed by atoms with Crippen LogP contribution in [0.2, 0.25) is 0 Å². The fourth-order valence-electron chi connectivity index (χ4n) is 14.9. The molecule has 2 aromatic heterocycles. The molecule has 6 aliphatic heterocycles. The third-order valence-corrected chi connectivity index (χ3v) is 19.3. The van der Waals surface area contributed by atoms with Gasteiger partial charge in [0.1, 0.15) is 34.4 Å². The minimum atomic E-state index is -0.684. The van der Waals surface area contributed by atoms with Gasteiger partial charge in [-0.25, -0.2) is 9.18 Å². The van der Waals surface area contributed by atoms with Crippen molar-refractivity contribution in [2.45, 2.75) is 122 Å². The molecule has 7 fully saturated rings. The van der Waals surface area contributed by atoms with Gasteiger partial charge in [-0.05, 0) is 151 Å². The summed E-state index contributed by atoms with van der Waals surface area (Å²) >= 11 is 0. The van der Waals surface area contributed by atoms with Crippen LogP contribution in [0.5, 0.6) is 11.8 Å². The molecule has 0 radical (unpaired) electrons. The predicted octanol–water partition coefficient (Wildman–Crippen LogP) is 7.79. The second-order valence-electron chi connectivity index (χ2n) is 26.2. The van der Waals surface area contributed by atoms with Crippen molar-refractivity contribution in [1.29, 1.82) is 0 Å². The Morgan fingerprint density at radius 3 is 2.45 bits per heavy atom. The van der Waals surface area contributed by atoms with E-state index in [-0.39, 0.29) is 77.9 Å². The van der Waals surface area contributed by atoms with Crippen LogP contribution < -0.4 is 24.6 Å². The first-order chi connectivity index (χ1) is 41.0. The van der Waals surface area contributed by atoms with E-state index >= 15 is 4.39 Å². The van der Waals surface area contributed by atoms with Crippen molar-refractivity contribution in [3.05, 3.63) is 77.2 Å². The maximum atomic E-state index is 17.8. The summed E-state index contributed by atoms with van der Waals surface area (Å²) in [6, 6.07) is 14.1. The van der Waals surface area contributed by atoms with Crippen molar-refractivity contribution in [3.63, 3.8) is 0 Å². The normalized spacial score (nSPS) is 24.0. The van der Waals surface area contributed by atoms with E-state index in [1.165, 1.54) is 32.8 Å². The maximum absolute atomic E-state index is 17.8. The van der Waals surface area contributed by atoms with E-state index < -0.39 is 17.5 Å². The van der Waals surface area contributed by atoms with Crippen LogP contribution in [0.3, 0.4) is 0 Å². The number of halogens is 1. The van der Waals surface area contributed by atoms with Crippen LogP contribution in [0.15, 0.2) is 54.7 Å². The number of amides is 4. The van der Waals surface area contributed by atoms with E-state index in [0.29, 0.717) is 96.1 Å². The lowest BCUT2D eigenvalue weighted by Crippen LogP contribution is -2.58. The zero-order valence-corrected chi connectivity index (χ0v) is 49.5. The number of methoxy groups -OCH3 is 1. The number of likely N-dealkylation sites (tertiary alicyclic amines) is 1. The van der Waals surface area contributed by atoms with Gasteiger partial charge in [-0.1, -0.05) is 18.1 Å². The topological polar surface area (TPSA) is 185 Å². The molecule has 8 aliphatic rings. The lowest BCUT2D eigenvalue weighted by atomic mass is 9.57. The zero-order valence-electron chi connectivity index (χ0n) is 49.5. The number of nitrogens with zero attached hydrogens (tertiary/aromatic N) is 9. The SMILES string of the molecule is C#Cc1cccc2cc(OCOC)cc(-c3ncc4c(N5CC6CC(OCC)C(C5)N6C(=O)OC(C)(C)C)nc(OCC5(CN6CCC7(CC6)CC(CN6CCN(c8ccc9c(c8)CN([C@H]8CCC(=O)NC8=O)C9=O)CC6)C7)CC5)nc4c3F)c12. The van der Waals surface area contributed by atoms with Crippen LogP contribution >= 0.6 is 0 Å². The Bertz CT molecular complexity index is 3490. The van der Waals surface area contributed by atoms with Gasteiger partial charge in [0.2, 0.25) is 11.8 Å². The average molecular weight is 1160 g/mol. The summed E-state index contributed by atoms with van der Waals surface area (Å²) < 4.78 is 47.9. The number of aromatic nitrogens is 3. The van der Waals surface area contributed by atoms with Gasteiger partial charge in [0.25, 0.3) is 5.91 Å². The molecule has 3 unspecified atom stereocenters. The summed E-state index contributed by atoms with van der Waals surface area (Å²) in [5, 5.41) is 4.22. The Balaban J connectivity index is 0.667. The van der Waals surface area contributed by atoms with Crippen molar-refractivity contribution in [3.8, 4) is 35.4 Å². The Morgan fingerprint density at radius 1 is 0.918 bits per heavy atom. The highest BCUT2D eigenvalue weighted by Crippen LogP contribution is 2.54. The van der Waals surface area contributed by atoms with Gasteiger partial charge in [-0.3, -0.25) is 34.5 Å². The number of nitrogens with one attached hydrogen (secondary N) is 1. The fraction of sp³-hybridized carbons (Fsp3) is 0.554. The Labute approximate surface area is 495 Å². The van der Waals surface area contributed by atoms with Gasteiger partial charge in [-0.2, -0.15) is 9.97 Å². The molecule has 1 N–H and O–H groups in total. The molecule has 4 atom stereocenters. The summed E-state index contributed by atoms with van der Waals surface area (Å²) in [5.41, 5.74) is 3.49. The van der Waals surface area contributed by atoms with E-state index in [0.717, 1.165) is 81.8 Å². The van der Waals surface area contributed by atoms with Crippen LogP contribution in [0.25, 0.3) is 32.9 Å². The van der Waals surface area contributed by atoms with Crippen molar-refractivity contribution >= 4 is 57.0 Å². The van der Waals surface area contributed by atoms with E-state index in [2.05, 4.69) is 36.9 Å². The van der Waals surface area contributed by atoms with Crippen LogP contribution in [0.1, 0.15) is 107 Å². The quantitative estimate of drug-likeness (QED) is 0.0573. The summed E-state index contributed by atoms with van der Waals surface area (Å²) in [7, 11) is 1.54. The number of ether oxygens (including phenoxy) is 5. The average Bonchev–Trinajstić information content (AvgIpc) is 2.08. The van der Waals surface area contributed by atoms with Gasteiger partial charge < -0.3 is 43.3 Å². The van der Waals surface area contributed by atoms with E-state index in [1.807, 2.05) is 69.0 Å². The molecule has 2 aliphatic carbocycles. The lowest BCUT2D eigenvalue weighted by molar-refractivity contribution is -0.136. The molecule has 3 aromatic carbocycles. The maximum Gasteiger partial charge on any atom is 0.411 e. The lowest BCUT2D eigenvalue weighted by Gasteiger charge is -2.54. The second-order valence-corrected chi connectivity index (χ2v) is 26.2. The number of terminal acetylenes is 1. The standard InChI is InChI=1S/C65H77FN10O9/c1-7-41-10-9-11-42-27-46(84-39-81-6)29-48(54(41)42)56-55(66)57-49(32-67-56)58(74-35-45-28-52(82-8-2)51(36-74)76(45)62(80)85-63(3,4)5)70-61(69-57)83-38-65(16-17-65)37-72-20-18-64(19-21-72)30-40(31-64)33-71-22-24-73(25-23-71)44-12-13-47-43(26-44)34-75(60(47)79)50-14-15-53(77)68-59(50)78/h1,9-13,26-27,29,32,40,45,50-52H,8,14-25,28,30-31,33-39H2,2-6H3,(H,68,77,78)/t45?,50-,51?,52?/m0/s1. The van der Waals surface area contributed by atoms with Gasteiger partial charge in [0.05, 0.1) is 30.2 Å². The molecule has 5 aromatic rings. The number of piperazine rings is 2. The molecule has 4 amide bonds. The van der Waals surface area contributed by atoms with Crippen LogP contribution in [0.4, 0.5) is 20.7 Å². The number of imide groups is 1. The molecule has 5 saturated heterocycles. The minimum Gasteiger partial charge on any atom is -0.468 e. The number of carbonyl (C=O) groups is 4. The largest absolute Gasteiger partial charge is 0.468 e. The third-order valence-electron chi connectivity index (χ3n) is 19.3. The predicted molar refractivity (Wildman–Crippen MR) is 318 cm³/mol. The highest BCUT2D eigenvalue weighted by Gasteiger charge is 2.52. The molecule has 85 heavy (non-hydrogen) atoms. The first-order valence-electron chi connectivity index (χ1n) is 30.5. The summed E-state index contributed by atoms with van der Waals surface area (Å²) in [5.74, 6) is 2.96. The molecule has 2 saturated carbocycles. The molecular weight excluding hydrogens is 1080 g/mol. The molecular formula is C65H77FN10O9. The fourth-order valence-corrected chi connectivity index (χ4v) is 14.9. The highest BCUT2D eigenvalue weighted by atomic mass is 19.1. The number of hydrogen-bond donors (Lipinski definition) is 1. The molecule has 1 spiro atoms. The number of anilines is 2. The molecule has 8 heterocycles. The molecule has 13 rings (SSSR count). The summed E-state index contributed by atoms with van der Waals surface area (Å²) in [6.45, 7) is 17.5. The van der Waals surface area contributed by atoms with E-state index in [9.17, 15) is 19.2 Å². The number of piperidine rings is 2. The Morgan fingerprint density at radius 2 is 1.72 bits per heavy atom. The molecule has 2 bridgehead atoms. The first kappa shape index (κ1) is 56.9. The highest BCUT2D eigenvalue weighted by molar-refractivity contribution is 6.06. The summed E-state index contributed by atoms with van der Waals surface area (Å²) in [4.78, 5) is 79.5. The van der Waals surface area contributed by atoms with Crippen molar-refractivity contribution in [1.82, 2.24) is 39.9 Å². The van der Waals surface area contributed by atoms with Crippen LogP contribution in [-0.4, -0.2) is 181 Å². The number of fused-ring (bicyclic) bond motifs is 5. The van der Waals surface area contributed by atoms with Crippen LogP contribution in [-0.2, 0) is 30.3 Å².